The summed E-state index contributed by atoms with van der Waals surface area (Å²) in [6.07, 6.45) is 3.36. The molecule has 7 nitrogen and oxygen atoms in total. The first-order valence-corrected chi connectivity index (χ1v) is 16.5. The number of thioether (sulfide) groups is 1. The fraction of sp³-hybridized carbons (Fsp3) is 0.750. The van der Waals surface area contributed by atoms with E-state index in [-0.39, 0.29) is 40.1 Å². The Labute approximate surface area is 251 Å². The molecule has 5 fully saturated rings. The fourth-order valence-electron chi connectivity index (χ4n) is 7.54. The summed E-state index contributed by atoms with van der Waals surface area (Å²) < 4.78 is 19.0. The molecule has 2 aliphatic heterocycles. The summed E-state index contributed by atoms with van der Waals surface area (Å²) in [5, 5.41) is 3.44. The Morgan fingerprint density at radius 2 is 1.85 bits per heavy atom. The van der Waals surface area contributed by atoms with Crippen LogP contribution in [-0.2, 0) is 25.3 Å². The van der Waals surface area contributed by atoms with Crippen molar-refractivity contribution < 1.29 is 23.6 Å². The Morgan fingerprint density at radius 3 is 2.49 bits per heavy atom. The Hall–Kier alpha value is -1.71. The van der Waals surface area contributed by atoms with Gasteiger partial charge in [-0.2, -0.15) is 11.8 Å². The molecule has 1 aromatic rings. The third kappa shape index (κ3) is 6.19. The zero-order valence-electron chi connectivity index (χ0n) is 26.1. The molecule has 2 saturated heterocycles. The van der Waals surface area contributed by atoms with Gasteiger partial charge in [0.25, 0.3) is 0 Å². The molecule has 1 N–H and O–H groups in total. The van der Waals surface area contributed by atoms with Gasteiger partial charge < -0.3 is 19.4 Å². The largest absolute Gasteiger partial charge is 0.481 e. The zero-order valence-corrected chi connectivity index (χ0v) is 27.0. The van der Waals surface area contributed by atoms with Gasteiger partial charge in [0.1, 0.15) is 11.6 Å². The lowest BCUT2D eigenvalue weighted by Gasteiger charge is -2.64. The first kappa shape index (κ1) is 30.7. The summed E-state index contributed by atoms with van der Waals surface area (Å²) in [5.74, 6) is 1.69. The number of carbonyl (C=O) groups is 2. The number of nitrogens with zero attached hydrogens (tertiary/aromatic N) is 1. The Kier molecular flexibility index (Phi) is 8.56. The van der Waals surface area contributed by atoms with Gasteiger partial charge in [0.05, 0.1) is 17.6 Å². The van der Waals surface area contributed by atoms with E-state index in [9.17, 15) is 9.59 Å². The highest BCUT2D eigenvalue weighted by atomic mass is 32.2. The van der Waals surface area contributed by atoms with Gasteiger partial charge in [-0.25, -0.2) is 4.79 Å². The molecule has 0 spiro atoms. The lowest BCUT2D eigenvalue weighted by atomic mass is 9.43. The molecule has 3 aliphatic carbocycles. The summed E-state index contributed by atoms with van der Waals surface area (Å²) in [6, 6.07) is 9.83. The van der Waals surface area contributed by atoms with Crippen LogP contribution in [0.25, 0.3) is 0 Å². The molecule has 2 amide bonds. The van der Waals surface area contributed by atoms with Crippen molar-refractivity contribution in [2.24, 2.45) is 23.2 Å². The van der Waals surface area contributed by atoms with Crippen LogP contribution in [0.3, 0.4) is 0 Å². The quantitative estimate of drug-likeness (QED) is 0.393. The second-order valence-electron chi connectivity index (χ2n) is 14.7. The lowest BCUT2D eigenvalue weighted by Crippen LogP contribution is -2.65. The number of benzene rings is 1. The van der Waals surface area contributed by atoms with Gasteiger partial charge >= 0.3 is 13.2 Å². The predicted octanol–water partition coefficient (Wildman–Crippen LogP) is 5.75. The number of likely N-dealkylation sites (tertiary alicyclic amines) is 1. The van der Waals surface area contributed by atoms with E-state index in [4.69, 9.17) is 14.0 Å². The van der Waals surface area contributed by atoms with E-state index in [1.54, 1.807) is 4.90 Å². The maximum atomic E-state index is 13.9. The molecule has 5 aliphatic rings. The van der Waals surface area contributed by atoms with E-state index in [1.807, 2.05) is 38.6 Å². The van der Waals surface area contributed by atoms with Gasteiger partial charge in [0, 0.05) is 11.8 Å². The highest BCUT2D eigenvalue weighted by molar-refractivity contribution is 7.99. The number of ether oxygens (including phenoxy) is 1. The number of rotatable bonds is 8. The van der Waals surface area contributed by atoms with Crippen LogP contribution in [0.4, 0.5) is 4.79 Å². The standard InChI is InChI=1S/C32H49BN2O5S/c1-20(2)27(33-39-26-17-22-16-25(31(22,6)7)32(26,8)40-33)34-28(36)24-18-23(19-35(24)29(37)38-30(3,4)5)41-15-14-21-12-10-9-11-13-21/h9-13,20,22-27H,14-19H2,1-8H3,(H,34,36)/t22-,23+,24-,25-,26+,27-,32-/m0/s1. The second-order valence-corrected chi connectivity index (χ2v) is 16.1. The predicted molar refractivity (Wildman–Crippen MR) is 165 cm³/mol. The number of hydrogen-bond acceptors (Lipinski definition) is 6. The van der Waals surface area contributed by atoms with Gasteiger partial charge in [0.2, 0.25) is 5.91 Å². The summed E-state index contributed by atoms with van der Waals surface area (Å²) >= 11 is 1.83. The van der Waals surface area contributed by atoms with Crippen molar-refractivity contribution in [1.29, 1.82) is 0 Å². The number of nitrogens with one attached hydrogen (secondary N) is 1. The van der Waals surface area contributed by atoms with E-state index in [1.165, 1.54) is 12.0 Å². The van der Waals surface area contributed by atoms with Crippen molar-refractivity contribution in [3.8, 4) is 0 Å². The third-order valence-corrected chi connectivity index (χ3v) is 11.3. The molecule has 7 atom stereocenters. The van der Waals surface area contributed by atoms with Crippen LogP contribution in [0.15, 0.2) is 30.3 Å². The van der Waals surface area contributed by atoms with Gasteiger partial charge in [-0.05, 0) is 87.9 Å². The highest BCUT2D eigenvalue weighted by Gasteiger charge is 2.68. The summed E-state index contributed by atoms with van der Waals surface area (Å²) in [6.45, 7) is 17.2. The first-order chi connectivity index (χ1) is 19.2. The van der Waals surface area contributed by atoms with Crippen molar-refractivity contribution in [2.45, 2.75) is 116 Å². The van der Waals surface area contributed by atoms with E-state index in [0.717, 1.165) is 18.6 Å². The van der Waals surface area contributed by atoms with Crippen molar-refractivity contribution in [2.75, 3.05) is 12.3 Å². The Bertz CT molecular complexity index is 1110. The average Bonchev–Trinajstić information content (AvgIpc) is 3.47. The molecule has 226 valence electrons. The first-order valence-electron chi connectivity index (χ1n) is 15.5. The molecular weight excluding hydrogens is 535 g/mol. The number of carbonyl (C=O) groups excluding carboxylic acids is 2. The maximum absolute atomic E-state index is 13.9. The zero-order chi connectivity index (χ0) is 29.7. The monoisotopic (exact) mass is 584 g/mol. The van der Waals surface area contributed by atoms with Crippen molar-refractivity contribution in [3.63, 3.8) is 0 Å². The van der Waals surface area contributed by atoms with E-state index < -0.39 is 24.9 Å². The SMILES string of the molecule is CC(C)[C@H](NC(=O)[C@@H]1C[C@@H](SCCc2ccccc2)CN1C(=O)OC(C)(C)C)B1O[C@@H]2C[C@@H]3C[C@@H](C3(C)C)[C@]2(C)O1. The van der Waals surface area contributed by atoms with Gasteiger partial charge in [-0.15, -0.1) is 0 Å². The van der Waals surface area contributed by atoms with E-state index in [2.05, 4.69) is 64.2 Å². The second kappa shape index (κ2) is 11.4. The number of hydrogen-bond donors (Lipinski definition) is 1. The van der Waals surface area contributed by atoms with Crippen LogP contribution in [-0.4, -0.2) is 70.9 Å². The molecule has 0 radical (unpaired) electrons. The molecule has 0 unspecified atom stereocenters. The van der Waals surface area contributed by atoms with Crippen molar-refractivity contribution >= 4 is 30.9 Å². The maximum Gasteiger partial charge on any atom is 0.481 e. The molecule has 6 rings (SSSR count). The van der Waals surface area contributed by atoms with Crippen LogP contribution in [0.1, 0.15) is 80.2 Å². The van der Waals surface area contributed by atoms with Crippen LogP contribution in [0.2, 0.25) is 0 Å². The lowest BCUT2D eigenvalue weighted by molar-refractivity contribution is -0.199. The topological polar surface area (TPSA) is 77.1 Å². The van der Waals surface area contributed by atoms with Crippen LogP contribution in [0, 0.1) is 23.2 Å². The normalized spacial score (nSPS) is 32.9. The van der Waals surface area contributed by atoms with Crippen molar-refractivity contribution in [1.82, 2.24) is 10.2 Å². The summed E-state index contributed by atoms with van der Waals surface area (Å²) in [5.41, 5.74) is 0.577. The average molecular weight is 585 g/mol. The summed E-state index contributed by atoms with van der Waals surface area (Å²) in [4.78, 5) is 28.8. The minimum atomic E-state index is -0.636. The Balaban J connectivity index is 1.26. The molecule has 2 heterocycles. The molecule has 41 heavy (non-hydrogen) atoms. The fourth-order valence-corrected chi connectivity index (χ4v) is 8.81. The Morgan fingerprint density at radius 1 is 1.15 bits per heavy atom. The number of aryl methyl sites for hydroxylation is 1. The molecule has 2 bridgehead atoms. The minimum Gasteiger partial charge on any atom is -0.444 e. The van der Waals surface area contributed by atoms with Crippen LogP contribution in [0.5, 0.6) is 0 Å². The van der Waals surface area contributed by atoms with Gasteiger partial charge in [-0.3, -0.25) is 9.69 Å². The van der Waals surface area contributed by atoms with Crippen molar-refractivity contribution in [3.05, 3.63) is 35.9 Å². The summed E-state index contributed by atoms with van der Waals surface area (Å²) in [7, 11) is -0.503. The molecule has 9 heteroatoms. The third-order valence-electron chi connectivity index (χ3n) is 10.1. The van der Waals surface area contributed by atoms with Crippen LogP contribution >= 0.6 is 11.8 Å². The van der Waals surface area contributed by atoms with E-state index in [0.29, 0.717) is 24.8 Å². The van der Waals surface area contributed by atoms with E-state index >= 15 is 0 Å². The smallest absolute Gasteiger partial charge is 0.444 e. The number of amides is 2. The van der Waals surface area contributed by atoms with Crippen LogP contribution < -0.4 is 5.32 Å². The molecule has 0 aromatic heterocycles. The highest BCUT2D eigenvalue weighted by Crippen LogP contribution is 2.65. The minimum absolute atomic E-state index is 0.0533. The molecule has 1 aromatic carbocycles. The molecular formula is C32H49BN2O5S. The van der Waals surface area contributed by atoms with Gasteiger partial charge in [-0.1, -0.05) is 58.0 Å². The molecule has 3 saturated carbocycles. The van der Waals surface area contributed by atoms with Gasteiger partial charge in [0.15, 0.2) is 0 Å².